The number of aliphatic hydroxyl groups is 1. The van der Waals surface area contributed by atoms with Crippen LogP contribution in [-0.4, -0.2) is 11.1 Å². The van der Waals surface area contributed by atoms with E-state index < -0.39 is 23.9 Å². The van der Waals surface area contributed by atoms with Gasteiger partial charge in [-0.2, -0.15) is 13.2 Å². The molecule has 2 atom stereocenters. The normalized spacial score (nSPS) is 16.0. The summed E-state index contributed by atoms with van der Waals surface area (Å²) in [6.07, 6.45) is -5.30. The molecule has 0 saturated heterocycles. The number of hydrogen-bond donors (Lipinski definition) is 2. The number of benzene rings is 1. The molecule has 17 heavy (non-hydrogen) atoms. The first kappa shape index (κ1) is 14.0. The van der Waals surface area contributed by atoms with Crippen molar-refractivity contribution in [2.75, 3.05) is 0 Å². The minimum Gasteiger partial charge on any atom is -0.387 e. The van der Waals surface area contributed by atoms with E-state index in [4.69, 9.17) is 5.73 Å². The maximum Gasteiger partial charge on any atom is 0.416 e. The molecule has 0 aliphatic carbocycles. The minimum atomic E-state index is -4.36. The fraction of sp³-hybridized carbons (Fsp3) is 0.500. The van der Waals surface area contributed by atoms with E-state index in [1.165, 1.54) is 12.1 Å². The van der Waals surface area contributed by atoms with E-state index in [1.807, 2.05) is 13.8 Å². The molecule has 0 aromatic heterocycles. The van der Waals surface area contributed by atoms with E-state index in [0.717, 1.165) is 12.1 Å². The standard InChI is InChI=1S/C12H16F3NO/c1-7(2)10(16)11(17)8-3-5-9(6-4-8)12(13,14)15/h3-7,10-11,17H,16H2,1-2H3. The van der Waals surface area contributed by atoms with Gasteiger partial charge in [0.05, 0.1) is 11.7 Å². The summed E-state index contributed by atoms with van der Waals surface area (Å²) >= 11 is 0. The summed E-state index contributed by atoms with van der Waals surface area (Å²) in [4.78, 5) is 0. The topological polar surface area (TPSA) is 46.2 Å². The molecule has 1 aromatic rings. The number of nitrogens with two attached hydrogens (primary N) is 1. The van der Waals surface area contributed by atoms with Gasteiger partial charge in [0.15, 0.2) is 0 Å². The third-order valence-corrected chi connectivity index (χ3v) is 2.71. The highest BCUT2D eigenvalue weighted by atomic mass is 19.4. The van der Waals surface area contributed by atoms with Crippen molar-refractivity contribution in [3.63, 3.8) is 0 Å². The molecule has 96 valence electrons. The molecule has 1 aromatic carbocycles. The second kappa shape index (κ2) is 5.06. The molecule has 2 nitrogen and oxygen atoms in total. The number of hydrogen-bond acceptors (Lipinski definition) is 2. The van der Waals surface area contributed by atoms with E-state index in [9.17, 15) is 18.3 Å². The molecule has 3 N–H and O–H groups in total. The molecule has 0 saturated carbocycles. The van der Waals surface area contributed by atoms with E-state index in [0.29, 0.717) is 5.56 Å². The molecular weight excluding hydrogens is 231 g/mol. The van der Waals surface area contributed by atoms with Crippen molar-refractivity contribution < 1.29 is 18.3 Å². The van der Waals surface area contributed by atoms with Gasteiger partial charge in [-0.05, 0) is 23.6 Å². The molecule has 0 fully saturated rings. The zero-order valence-corrected chi connectivity index (χ0v) is 9.70. The van der Waals surface area contributed by atoms with Crippen LogP contribution in [0, 0.1) is 5.92 Å². The smallest absolute Gasteiger partial charge is 0.387 e. The van der Waals surface area contributed by atoms with Gasteiger partial charge in [0, 0.05) is 6.04 Å². The van der Waals surface area contributed by atoms with Gasteiger partial charge in [-0.25, -0.2) is 0 Å². The fourth-order valence-corrected chi connectivity index (χ4v) is 1.46. The highest BCUT2D eigenvalue weighted by Crippen LogP contribution is 2.30. The summed E-state index contributed by atoms with van der Waals surface area (Å²) in [5, 5.41) is 9.85. The molecule has 0 heterocycles. The molecule has 2 unspecified atom stereocenters. The first-order valence-corrected chi connectivity index (χ1v) is 5.34. The predicted octanol–water partition coefficient (Wildman–Crippen LogP) is 2.72. The second-order valence-electron chi connectivity index (χ2n) is 4.39. The second-order valence-corrected chi connectivity index (χ2v) is 4.39. The van der Waals surface area contributed by atoms with E-state index in [-0.39, 0.29) is 5.92 Å². The summed E-state index contributed by atoms with van der Waals surface area (Å²) in [6.45, 7) is 3.69. The number of halogens is 3. The van der Waals surface area contributed by atoms with Crippen molar-refractivity contribution in [3.05, 3.63) is 35.4 Å². The van der Waals surface area contributed by atoms with Crippen molar-refractivity contribution in [1.82, 2.24) is 0 Å². The minimum absolute atomic E-state index is 0.0484. The summed E-state index contributed by atoms with van der Waals surface area (Å²) in [7, 11) is 0. The molecule has 0 aliphatic rings. The Bertz CT molecular complexity index is 359. The highest BCUT2D eigenvalue weighted by Gasteiger charge is 2.30. The largest absolute Gasteiger partial charge is 0.416 e. The zero-order valence-electron chi connectivity index (χ0n) is 9.70. The van der Waals surface area contributed by atoms with Gasteiger partial charge in [0.2, 0.25) is 0 Å². The Kier molecular flexibility index (Phi) is 4.16. The van der Waals surface area contributed by atoms with Crippen LogP contribution in [0.2, 0.25) is 0 Å². The third kappa shape index (κ3) is 3.44. The average molecular weight is 247 g/mol. The van der Waals surface area contributed by atoms with Crippen LogP contribution >= 0.6 is 0 Å². The lowest BCUT2D eigenvalue weighted by Gasteiger charge is -2.22. The quantitative estimate of drug-likeness (QED) is 0.862. The fourth-order valence-electron chi connectivity index (χ4n) is 1.46. The van der Waals surface area contributed by atoms with Gasteiger partial charge >= 0.3 is 6.18 Å². The van der Waals surface area contributed by atoms with Gasteiger partial charge in [0.1, 0.15) is 0 Å². The van der Waals surface area contributed by atoms with Crippen molar-refractivity contribution >= 4 is 0 Å². The van der Waals surface area contributed by atoms with Crippen LogP contribution in [0.15, 0.2) is 24.3 Å². The Morgan fingerprint density at radius 2 is 1.59 bits per heavy atom. The number of aliphatic hydroxyl groups excluding tert-OH is 1. The van der Waals surface area contributed by atoms with Crippen LogP contribution in [0.1, 0.15) is 31.1 Å². The molecule has 0 aliphatic heterocycles. The predicted molar refractivity (Wildman–Crippen MR) is 59.2 cm³/mol. The maximum absolute atomic E-state index is 12.3. The maximum atomic E-state index is 12.3. The third-order valence-electron chi connectivity index (χ3n) is 2.71. The van der Waals surface area contributed by atoms with Crippen LogP contribution in [0.4, 0.5) is 13.2 Å². The molecule has 0 radical (unpaired) electrons. The van der Waals surface area contributed by atoms with Gasteiger partial charge < -0.3 is 10.8 Å². The zero-order chi connectivity index (χ0) is 13.2. The Morgan fingerprint density at radius 1 is 1.12 bits per heavy atom. The van der Waals surface area contributed by atoms with Gasteiger partial charge in [-0.15, -0.1) is 0 Å². The van der Waals surface area contributed by atoms with Gasteiger partial charge in [0.25, 0.3) is 0 Å². The first-order valence-electron chi connectivity index (χ1n) is 5.34. The number of alkyl halides is 3. The molecule has 5 heteroatoms. The van der Waals surface area contributed by atoms with Crippen LogP contribution in [0.3, 0.4) is 0 Å². The lowest BCUT2D eigenvalue weighted by atomic mass is 9.94. The summed E-state index contributed by atoms with van der Waals surface area (Å²) in [5.41, 5.74) is 5.42. The van der Waals surface area contributed by atoms with Crippen LogP contribution in [0.25, 0.3) is 0 Å². The Labute approximate surface area is 98.3 Å². The SMILES string of the molecule is CC(C)C(N)C(O)c1ccc(C(F)(F)F)cc1. The van der Waals surface area contributed by atoms with Crippen molar-refractivity contribution in [2.45, 2.75) is 32.2 Å². The molecule has 0 spiro atoms. The summed E-state index contributed by atoms with van der Waals surface area (Å²) in [6, 6.07) is 3.93. The van der Waals surface area contributed by atoms with Gasteiger partial charge in [-0.1, -0.05) is 26.0 Å². The summed E-state index contributed by atoms with van der Waals surface area (Å²) in [5.74, 6) is 0.0484. The monoisotopic (exact) mass is 247 g/mol. The first-order chi connectivity index (χ1) is 7.73. The lowest BCUT2D eigenvalue weighted by Crippen LogP contribution is -2.33. The Hall–Kier alpha value is -1.07. The van der Waals surface area contributed by atoms with E-state index >= 15 is 0 Å². The Balaban J connectivity index is 2.88. The molecule has 0 amide bonds. The molecule has 0 bridgehead atoms. The van der Waals surface area contributed by atoms with Crippen molar-refractivity contribution in [1.29, 1.82) is 0 Å². The highest BCUT2D eigenvalue weighted by molar-refractivity contribution is 5.26. The molecular formula is C12H16F3NO. The average Bonchev–Trinajstić information content (AvgIpc) is 2.26. The van der Waals surface area contributed by atoms with E-state index in [2.05, 4.69) is 0 Å². The van der Waals surface area contributed by atoms with Crippen LogP contribution < -0.4 is 5.73 Å². The van der Waals surface area contributed by atoms with Crippen LogP contribution in [-0.2, 0) is 6.18 Å². The van der Waals surface area contributed by atoms with Gasteiger partial charge in [-0.3, -0.25) is 0 Å². The van der Waals surface area contributed by atoms with E-state index in [1.54, 1.807) is 0 Å². The Morgan fingerprint density at radius 3 is 1.94 bits per heavy atom. The van der Waals surface area contributed by atoms with Crippen LogP contribution in [0.5, 0.6) is 0 Å². The van der Waals surface area contributed by atoms with Crippen molar-refractivity contribution in [2.24, 2.45) is 11.7 Å². The summed E-state index contributed by atoms with van der Waals surface area (Å²) < 4.78 is 37.0. The molecule has 1 rings (SSSR count). The lowest BCUT2D eigenvalue weighted by molar-refractivity contribution is -0.137. The van der Waals surface area contributed by atoms with Crippen molar-refractivity contribution in [3.8, 4) is 0 Å². The number of rotatable bonds is 3.